The predicted molar refractivity (Wildman–Crippen MR) is 131 cm³/mol. The molecule has 0 atom stereocenters. The maximum absolute atomic E-state index is 12.9. The maximum Gasteiger partial charge on any atom is 0.317 e. The van der Waals surface area contributed by atoms with Crippen LogP contribution in [0.15, 0.2) is 60.7 Å². The molecule has 2 amide bonds. The van der Waals surface area contributed by atoms with Crippen LogP contribution in [0.4, 0.5) is 4.79 Å². The van der Waals surface area contributed by atoms with Crippen molar-refractivity contribution in [3.8, 4) is 22.6 Å². The predicted octanol–water partition coefficient (Wildman–Crippen LogP) is 4.74. The monoisotopic (exact) mass is 462 g/mol. The number of phenols is 1. The van der Waals surface area contributed by atoms with Gasteiger partial charge in [-0.1, -0.05) is 48.0 Å². The fourth-order valence-corrected chi connectivity index (χ4v) is 3.84. The number of carboxylic acid groups (broad SMARTS) is 1. The average Bonchev–Trinajstić information content (AvgIpc) is 2.81. The molecule has 0 aliphatic heterocycles. The summed E-state index contributed by atoms with van der Waals surface area (Å²) >= 11 is 0. The van der Waals surface area contributed by atoms with Gasteiger partial charge in [0.15, 0.2) is 0 Å². The van der Waals surface area contributed by atoms with Crippen molar-refractivity contribution in [3.05, 3.63) is 82.9 Å². The molecule has 0 saturated carbocycles. The molecule has 34 heavy (non-hydrogen) atoms. The van der Waals surface area contributed by atoms with Gasteiger partial charge in [-0.05, 0) is 48.7 Å². The van der Waals surface area contributed by atoms with Crippen LogP contribution in [-0.2, 0) is 24.3 Å². The molecule has 0 spiro atoms. The first-order valence-corrected chi connectivity index (χ1v) is 11.1. The normalized spacial score (nSPS) is 10.6. The molecule has 0 aromatic heterocycles. The number of aliphatic carboxylic acids is 1. The Balaban J connectivity index is 1.89. The number of phenolic OH excluding ortho intramolecular Hbond substituents is 1. The molecule has 3 N–H and O–H groups in total. The van der Waals surface area contributed by atoms with Gasteiger partial charge in [-0.3, -0.25) is 4.79 Å². The standard InChI is InChI=1S/C27H30N2O5/c1-4-29(27(33)28-16-20-7-5-6-8-24(20)30)17-21-13-18(2)9-11-22(21)23-14-19(15-26(31)32)10-12-25(23)34-3/h5-14,30H,4,15-17H2,1-3H3,(H,28,33)(H,31,32). The number of methoxy groups -OCH3 is 1. The number of carbonyl (C=O) groups excluding carboxylic acids is 1. The van der Waals surface area contributed by atoms with Gasteiger partial charge in [-0.15, -0.1) is 0 Å². The summed E-state index contributed by atoms with van der Waals surface area (Å²) in [4.78, 5) is 25.9. The third-order valence-electron chi connectivity index (χ3n) is 5.62. The van der Waals surface area contributed by atoms with Crippen molar-refractivity contribution in [3.63, 3.8) is 0 Å². The molecule has 3 aromatic rings. The summed E-state index contributed by atoms with van der Waals surface area (Å²) < 4.78 is 5.56. The number of hydrogen-bond donors (Lipinski definition) is 3. The second-order valence-corrected chi connectivity index (χ2v) is 8.07. The quantitative estimate of drug-likeness (QED) is 0.427. The molecule has 0 aliphatic rings. The fraction of sp³-hybridized carbons (Fsp3) is 0.259. The lowest BCUT2D eigenvalue weighted by Crippen LogP contribution is -2.39. The van der Waals surface area contributed by atoms with Crippen LogP contribution in [0.2, 0.25) is 0 Å². The number of rotatable bonds is 9. The summed E-state index contributed by atoms with van der Waals surface area (Å²) in [7, 11) is 1.58. The van der Waals surface area contributed by atoms with Crippen LogP contribution in [0.3, 0.4) is 0 Å². The lowest BCUT2D eigenvalue weighted by atomic mass is 9.94. The second-order valence-electron chi connectivity index (χ2n) is 8.07. The summed E-state index contributed by atoms with van der Waals surface area (Å²) in [5.74, 6) is -0.134. The number of carboxylic acids is 1. The Labute approximate surface area is 199 Å². The molecule has 0 aliphatic carbocycles. The van der Waals surface area contributed by atoms with E-state index in [1.54, 1.807) is 42.3 Å². The van der Waals surface area contributed by atoms with Crippen LogP contribution < -0.4 is 10.1 Å². The first kappa shape index (κ1) is 24.6. The number of amides is 2. The highest BCUT2D eigenvalue weighted by molar-refractivity contribution is 5.78. The van der Waals surface area contributed by atoms with Gasteiger partial charge in [0, 0.05) is 30.8 Å². The smallest absolute Gasteiger partial charge is 0.317 e. The van der Waals surface area contributed by atoms with E-state index in [1.807, 2.05) is 44.2 Å². The number of nitrogens with one attached hydrogen (secondary N) is 1. The second kappa shape index (κ2) is 11.2. The molecule has 0 radical (unpaired) electrons. The minimum Gasteiger partial charge on any atom is -0.508 e. The van der Waals surface area contributed by atoms with Gasteiger partial charge in [-0.25, -0.2) is 4.79 Å². The van der Waals surface area contributed by atoms with E-state index in [2.05, 4.69) is 5.32 Å². The molecule has 0 unspecified atom stereocenters. The Bertz CT molecular complexity index is 1180. The van der Waals surface area contributed by atoms with Crippen LogP contribution in [0.1, 0.15) is 29.2 Å². The Morgan fingerprint density at radius 3 is 2.44 bits per heavy atom. The summed E-state index contributed by atoms with van der Waals surface area (Å²) in [6.45, 7) is 4.94. The van der Waals surface area contributed by atoms with E-state index in [-0.39, 0.29) is 24.7 Å². The molecule has 3 rings (SSSR count). The lowest BCUT2D eigenvalue weighted by molar-refractivity contribution is -0.136. The van der Waals surface area contributed by atoms with Gasteiger partial charge < -0.3 is 25.2 Å². The Morgan fingerprint density at radius 2 is 1.76 bits per heavy atom. The largest absolute Gasteiger partial charge is 0.508 e. The van der Waals surface area contributed by atoms with Crippen molar-refractivity contribution in [2.75, 3.05) is 13.7 Å². The number of aryl methyl sites for hydroxylation is 1. The molecule has 7 heteroatoms. The van der Waals surface area contributed by atoms with Crippen LogP contribution in [0, 0.1) is 6.92 Å². The molecule has 0 saturated heterocycles. The Hall–Kier alpha value is -4.00. The first-order valence-electron chi connectivity index (χ1n) is 11.1. The number of carbonyl (C=O) groups is 2. The summed E-state index contributed by atoms with van der Waals surface area (Å²) in [6, 6.07) is 18.0. The number of nitrogens with zero attached hydrogens (tertiary/aromatic N) is 1. The zero-order chi connectivity index (χ0) is 24.7. The molecule has 7 nitrogen and oxygen atoms in total. The zero-order valence-electron chi connectivity index (χ0n) is 19.7. The van der Waals surface area contributed by atoms with Gasteiger partial charge in [0.25, 0.3) is 0 Å². The van der Waals surface area contributed by atoms with E-state index in [4.69, 9.17) is 4.74 Å². The first-order chi connectivity index (χ1) is 16.3. The van der Waals surface area contributed by atoms with Gasteiger partial charge in [0.1, 0.15) is 11.5 Å². The minimum absolute atomic E-state index is 0.0893. The molecular weight excluding hydrogens is 432 g/mol. The highest BCUT2D eigenvalue weighted by atomic mass is 16.5. The van der Waals surface area contributed by atoms with Crippen molar-refractivity contribution in [2.45, 2.75) is 33.4 Å². The van der Waals surface area contributed by atoms with E-state index >= 15 is 0 Å². The molecule has 0 bridgehead atoms. The zero-order valence-corrected chi connectivity index (χ0v) is 19.7. The third kappa shape index (κ3) is 6.07. The Morgan fingerprint density at radius 1 is 1.00 bits per heavy atom. The van der Waals surface area contributed by atoms with Gasteiger partial charge in [0.2, 0.25) is 0 Å². The van der Waals surface area contributed by atoms with Crippen LogP contribution >= 0.6 is 0 Å². The number of ether oxygens (including phenoxy) is 1. The third-order valence-corrected chi connectivity index (χ3v) is 5.62. The van der Waals surface area contributed by atoms with Crippen LogP contribution in [0.5, 0.6) is 11.5 Å². The maximum atomic E-state index is 12.9. The molecule has 178 valence electrons. The SMILES string of the molecule is CCN(Cc1cc(C)ccc1-c1cc(CC(=O)O)ccc1OC)C(=O)NCc1ccccc1O. The fourth-order valence-electron chi connectivity index (χ4n) is 3.84. The van der Waals surface area contributed by atoms with Crippen molar-refractivity contribution in [2.24, 2.45) is 0 Å². The highest BCUT2D eigenvalue weighted by Crippen LogP contribution is 2.34. The Kier molecular flexibility index (Phi) is 8.14. The summed E-state index contributed by atoms with van der Waals surface area (Å²) in [5.41, 5.74) is 4.93. The van der Waals surface area contributed by atoms with Crippen LogP contribution in [-0.4, -0.2) is 40.8 Å². The lowest BCUT2D eigenvalue weighted by Gasteiger charge is -2.24. The van der Waals surface area contributed by atoms with E-state index in [0.29, 0.717) is 30.0 Å². The van der Waals surface area contributed by atoms with Crippen molar-refractivity contribution in [1.29, 1.82) is 0 Å². The molecule has 0 heterocycles. The summed E-state index contributed by atoms with van der Waals surface area (Å²) in [5, 5.41) is 22.0. The molecule has 0 fully saturated rings. The van der Waals surface area contributed by atoms with Crippen molar-refractivity contribution >= 4 is 12.0 Å². The van der Waals surface area contributed by atoms with Gasteiger partial charge >= 0.3 is 12.0 Å². The number of para-hydroxylation sites is 1. The van der Waals surface area contributed by atoms with Crippen LogP contribution in [0.25, 0.3) is 11.1 Å². The number of urea groups is 1. The highest BCUT2D eigenvalue weighted by Gasteiger charge is 2.18. The average molecular weight is 463 g/mol. The molecule has 3 aromatic carbocycles. The minimum atomic E-state index is -0.904. The van der Waals surface area contributed by atoms with E-state index in [9.17, 15) is 19.8 Å². The molecular formula is C27H30N2O5. The summed E-state index contributed by atoms with van der Waals surface area (Å²) in [6.07, 6.45) is -0.0893. The van der Waals surface area contributed by atoms with Gasteiger partial charge in [0.05, 0.1) is 13.5 Å². The topological polar surface area (TPSA) is 99.1 Å². The number of hydrogen-bond acceptors (Lipinski definition) is 4. The van der Waals surface area contributed by atoms with E-state index < -0.39 is 5.97 Å². The van der Waals surface area contributed by atoms with E-state index in [0.717, 1.165) is 22.3 Å². The van der Waals surface area contributed by atoms with Crippen molar-refractivity contribution < 1.29 is 24.5 Å². The van der Waals surface area contributed by atoms with E-state index in [1.165, 1.54) is 0 Å². The van der Waals surface area contributed by atoms with Crippen molar-refractivity contribution in [1.82, 2.24) is 10.2 Å². The van der Waals surface area contributed by atoms with Gasteiger partial charge in [-0.2, -0.15) is 0 Å². The number of aromatic hydroxyl groups is 1. The number of benzene rings is 3.